The van der Waals surface area contributed by atoms with E-state index in [-0.39, 0.29) is 12.5 Å². The number of carbonyl (C=O) groups is 2. The fraction of sp³-hybridized carbons (Fsp3) is 0.857. The van der Waals surface area contributed by atoms with Crippen LogP contribution in [0.4, 0.5) is 0 Å². The second-order valence-corrected chi connectivity index (χ2v) is 6.19. The highest BCUT2D eigenvalue weighted by molar-refractivity contribution is 5.87. The van der Waals surface area contributed by atoms with Gasteiger partial charge in [0.1, 0.15) is 0 Å². The van der Waals surface area contributed by atoms with Crippen LogP contribution in [0.25, 0.3) is 0 Å². The molecule has 2 aliphatic rings. The molecular weight excluding hydrogens is 244 g/mol. The van der Waals surface area contributed by atoms with Crippen LogP contribution in [0.5, 0.6) is 0 Å². The van der Waals surface area contributed by atoms with Gasteiger partial charge in [0.05, 0.1) is 11.0 Å². The van der Waals surface area contributed by atoms with Gasteiger partial charge in [-0.1, -0.05) is 32.1 Å². The third-order valence-corrected chi connectivity index (χ3v) is 4.80. The number of nitrogens with two attached hydrogens (primary N) is 1. The maximum atomic E-state index is 12.1. The van der Waals surface area contributed by atoms with Gasteiger partial charge in [-0.3, -0.25) is 9.59 Å². The summed E-state index contributed by atoms with van der Waals surface area (Å²) in [5, 5.41) is 12.3. The Bertz CT molecular complexity index is 356. The molecule has 5 nitrogen and oxygen atoms in total. The smallest absolute Gasteiger partial charge is 0.311 e. The minimum Gasteiger partial charge on any atom is -0.481 e. The van der Waals surface area contributed by atoms with E-state index in [9.17, 15) is 14.7 Å². The molecular formula is C14H24N2O3. The molecule has 0 aromatic rings. The van der Waals surface area contributed by atoms with Crippen LogP contribution >= 0.6 is 0 Å². The summed E-state index contributed by atoms with van der Waals surface area (Å²) in [6, 6.07) is 0. The van der Waals surface area contributed by atoms with Crippen molar-refractivity contribution >= 4 is 11.9 Å². The van der Waals surface area contributed by atoms with E-state index in [0.29, 0.717) is 25.7 Å². The minimum absolute atomic E-state index is 0.170. The molecule has 4 N–H and O–H groups in total. The van der Waals surface area contributed by atoms with E-state index in [4.69, 9.17) is 5.73 Å². The van der Waals surface area contributed by atoms with Crippen molar-refractivity contribution in [3.05, 3.63) is 0 Å². The zero-order chi connectivity index (χ0) is 13.9. The zero-order valence-electron chi connectivity index (χ0n) is 11.4. The number of hydrogen-bond donors (Lipinski definition) is 3. The third kappa shape index (κ3) is 2.91. The van der Waals surface area contributed by atoms with E-state index >= 15 is 0 Å². The van der Waals surface area contributed by atoms with Gasteiger partial charge in [-0.2, -0.15) is 0 Å². The predicted octanol–water partition coefficient (Wildman–Crippen LogP) is 1.41. The number of rotatable bonds is 4. The van der Waals surface area contributed by atoms with Gasteiger partial charge in [0.15, 0.2) is 0 Å². The first-order valence-corrected chi connectivity index (χ1v) is 7.29. The number of carboxylic acid groups (broad SMARTS) is 1. The summed E-state index contributed by atoms with van der Waals surface area (Å²) in [5.74, 6) is -0.957. The van der Waals surface area contributed by atoms with Gasteiger partial charge >= 0.3 is 5.97 Å². The molecule has 0 spiro atoms. The summed E-state index contributed by atoms with van der Waals surface area (Å²) in [4.78, 5) is 23.7. The quantitative estimate of drug-likeness (QED) is 0.718. The Morgan fingerprint density at radius 1 is 1.00 bits per heavy atom. The van der Waals surface area contributed by atoms with Gasteiger partial charge in [0.25, 0.3) is 0 Å². The van der Waals surface area contributed by atoms with Gasteiger partial charge in [-0.25, -0.2) is 0 Å². The van der Waals surface area contributed by atoms with Crippen LogP contribution < -0.4 is 11.1 Å². The number of hydrogen-bond acceptors (Lipinski definition) is 3. The number of nitrogens with one attached hydrogen (secondary N) is 1. The van der Waals surface area contributed by atoms with E-state index in [1.807, 2.05) is 0 Å². The fourth-order valence-electron chi connectivity index (χ4n) is 3.35. The maximum Gasteiger partial charge on any atom is 0.311 e. The Balaban J connectivity index is 1.95. The van der Waals surface area contributed by atoms with Crippen molar-refractivity contribution in [2.75, 3.05) is 6.54 Å². The second-order valence-electron chi connectivity index (χ2n) is 6.19. The first-order chi connectivity index (χ1) is 8.99. The van der Waals surface area contributed by atoms with Crippen molar-refractivity contribution in [2.45, 2.75) is 63.3 Å². The molecule has 0 saturated heterocycles. The molecule has 108 valence electrons. The number of amides is 1. The maximum absolute atomic E-state index is 12.1. The zero-order valence-corrected chi connectivity index (χ0v) is 11.4. The SMILES string of the molecule is NC1(C(=O)NCC2(C(=O)O)CCCCC2)CCCC1. The molecule has 0 bridgehead atoms. The lowest BCUT2D eigenvalue weighted by Crippen LogP contribution is -2.55. The second kappa shape index (κ2) is 5.49. The molecule has 0 atom stereocenters. The average molecular weight is 268 g/mol. The lowest BCUT2D eigenvalue weighted by Gasteiger charge is -2.34. The Kier molecular flexibility index (Phi) is 4.13. The predicted molar refractivity (Wildman–Crippen MR) is 71.5 cm³/mol. The monoisotopic (exact) mass is 268 g/mol. The first-order valence-electron chi connectivity index (χ1n) is 7.29. The molecule has 0 radical (unpaired) electrons. The van der Waals surface area contributed by atoms with Crippen molar-refractivity contribution in [2.24, 2.45) is 11.1 Å². The lowest BCUT2D eigenvalue weighted by atomic mass is 9.74. The topological polar surface area (TPSA) is 92.4 Å². The summed E-state index contributed by atoms with van der Waals surface area (Å²) >= 11 is 0. The first kappa shape index (κ1) is 14.3. The van der Waals surface area contributed by atoms with Gasteiger partial charge in [-0.05, 0) is 25.7 Å². The molecule has 2 fully saturated rings. The van der Waals surface area contributed by atoms with Crippen LogP contribution in [0.1, 0.15) is 57.8 Å². The molecule has 2 saturated carbocycles. The lowest BCUT2D eigenvalue weighted by molar-refractivity contribution is -0.151. The van der Waals surface area contributed by atoms with Crippen LogP contribution in [0.15, 0.2) is 0 Å². The highest BCUT2D eigenvalue weighted by Crippen LogP contribution is 2.36. The van der Waals surface area contributed by atoms with Crippen molar-refractivity contribution in [1.29, 1.82) is 0 Å². The third-order valence-electron chi connectivity index (χ3n) is 4.80. The Hall–Kier alpha value is -1.10. The summed E-state index contributed by atoms with van der Waals surface area (Å²) in [7, 11) is 0. The molecule has 0 aromatic heterocycles. The highest BCUT2D eigenvalue weighted by Gasteiger charge is 2.42. The van der Waals surface area contributed by atoms with Crippen molar-refractivity contribution in [3.8, 4) is 0 Å². The standard InChI is InChI=1S/C14H24N2O3/c15-14(8-4-5-9-14)11(17)16-10-13(12(18)19)6-2-1-3-7-13/h1-10,15H2,(H,16,17)(H,18,19). The van der Waals surface area contributed by atoms with Crippen molar-refractivity contribution < 1.29 is 14.7 Å². The Morgan fingerprint density at radius 3 is 2.05 bits per heavy atom. The van der Waals surface area contributed by atoms with Crippen LogP contribution in [-0.4, -0.2) is 29.1 Å². The van der Waals surface area contributed by atoms with E-state index in [1.54, 1.807) is 0 Å². The van der Waals surface area contributed by atoms with Crippen LogP contribution in [0, 0.1) is 5.41 Å². The van der Waals surface area contributed by atoms with Gasteiger partial charge in [0.2, 0.25) is 5.91 Å². The van der Waals surface area contributed by atoms with Crippen LogP contribution in [0.2, 0.25) is 0 Å². The van der Waals surface area contributed by atoms with Gasteiger partial charge < -0.3 is 16.2 Å². The van der Waals surface area contributed by atoms with Crippen LogP contribution in [0.3, 0.4) is 0 Å². The van der Waals surface area contributed by atoms with E-state index < -0.39 is 16.9 Å². The summed E-state index contributed by atoms with van der Waals surface area (Å²) in [6.07, 6.45) is 7.62. The Labute approximate surface area is 113 Å². The largest absolute Gasteiger partial charge is 0.481 e. The number of aliphatic carboxylic acids is 1. The molecule has 1 amide bonds. The highest BCUT2D eigenvalue weighted by atomic mass is 16.4. The van der Waals surface area contributed by atoms with Gasteiger partial charge in [0, 0.05) is 6.54 Å². The molecule has 0 heterocycles. The van der Waals surface area contributed by atoms with Crippen LogP contribution in [-0.2, 0) is 9.59 Å². The molecule has 19 heavy (non-hydrogen) atoms. The molecule has 0 aliphatic heterocycles. The minimum atomic E-state index is -0.787. The molecule has 2 rings (SSSR count). The molecule has 5 heteroatoms. The fourth-order valence-corrected chi connectivity index (χ4v) is 3.35. The van der Waals surface area contributed by atoms with E-state index in [2.05, 4.69) is 5.32 Å². The Morgan fingerprint density at radius 2 is 1.53 bits per heavy atom. The van der Waals surface area contributed by atoms with E-state index in [0.717, 1.165) is 32.1 Å². The summed E-state index contributed by atoms with van der Waals surface area (Å²) in [6.45, 7) is 0.222. The summed E-state index contributed by atoms with van der Waals surface area (Å²) < 4.78 is 0. The molecule has 0 aromatic carbocycles. The summed E-state index contributed by atoms with van der Waals surface area (Å²) in [5.41, 5.74) is 4.53. The number of carboxylic acids is 1. The number of carbonyl (C=O) groups excluding carboxylic acids is 1. The average Bonchev–Trinajstić information content (AvgIpc) is 2.85. The van der Waals surface area contributed by atoms with E-state index in [1.165, 1.54) is 0 Å². The van der Waals surface area contributed by atoms with Gasteiger partial charge in [-0.15, -0.1) is 0 Å². The molecule has 0 unspecified atom stereocenters. The van der Waals surface area contributed by atoms with Crippen molar-refractivity contribution in [1.82, 2.24) is 5.32 Å². The van der Waals surface area contributed by atoms with Crippen molar-refractivity contribution in [3.63, 3.8) is 0 Å². The molecule has 2 aliphatic carbocycles. The normalized spacial score (nSPS) is 24.9.